The predicted octanol–water partition coefficient (Wildman–Crippen LogP) is 2.32. The summed E-state index contributed by atoms with van der Waals surface area (Å²) >= 11 is 0. The molecule has 1 aliphatic heterocycles. The van der Waals surface area contributed by atoms with Crippen molar-refractivity contribution in [3.8, 4) is 0 Å². The van der Waals surface area contributed by atoms with Crippen molar-refractivity contribution in [1.82, 2.24) is 0 Å². The van der Waals surface area contributed by atoms with E-state index in [2.05, 4.69) is 13.2 Å². The van der Waals surface area contributed by atoms with Crippen molar-refractivity contribution in [2.24, 2.45) is 23.7 Å². The topological polar surface area (TPSA) is 26.3 Å². The highest BCUT2D eigenvalue weighted by Gasteiger charge is 2.57. The van der Waals surface area contributed by atoms with E-state index in [1.807, 2.05) is 6.08 Å². The Labute approximate surface area is 90.0 Å². The quantitative estimate of drug-likeness (QED) is 0.484. The largest absolute Gasteiger partial charge is 0.462 e. The number of carbonyl (C=O) groups is 1. The number of hydrogen-bond donors (Lipinski definition) is 0. The van der Waals surface area contributed by atoms with E-state index in [4.69, 9.17) is 4.74 Å². The van der Waals surface area contributed by atoms with Crippen LogP contribution >= 0.6 is 0 Å². The molecule has 1 heterocycles. The van der Waals surface area contributed by atoms with Gasteiger partial charge in [0.2, 0.25) is 0 Å². The average Bonchev–Trinajstić information content (AvgIpc) is 2.74. The maximum Gasteiger partial charge on any atom is 0.309 e. The van der Waals surface area contributed by atoms with Crippen LogP contribution in [-0.2, 0) is 9.53 Å². The lowest BCUT2D eigenvalue weighted by molar-refractivity contribution is -0.145. The number of allylic oxidation sites excluding steroid dienone is 2. The second-order valence-corrected chi connectivity index (χ2v) is 5.02. The molecular formula is C13H16O2. The molecule has 15 heavy (non-hydrogen) atoms. The number of carbonyl (C=O) groups excluding carboxylic acids is 1. The maximum absolute atomic E-state index is 11.7. The Morgan fingerprint density at radius 1 is 1.47 bits per heavy atom. The molecule has 80 valence electrons. The van der Waals surface area contributed by atoms with Crippen molar-refractivity contribution in [3.63, 3.8) is 0 Å². The summed E-state index contributed by atoms with van der Waals surface area (Å²) in [7, 11) is 0. The summed E-state index contributed by atoms with van der Waals surface area (Å²) in [5.74, 6) is 1.46. The average molecular weight is 204 g/mol. The molecule has 2 aliphatic carbocycles. The van der Waals surface area contributed by atoms with Crippen molar-refractivity contribution in [2.45, 2.75) is 25.4 Å². The van der Waals surface area contributed by atoms with Gasteiger partial charge in [-0.25, -0.2) is 0 Å². The Kier molecular flexibility index (Phi) is 1.82. The monoisotopic (exact) mass is 204 g/mol. The molecule has 3 fully saturated rings. The lowest BCUT2D eigenvalue weighted by Crippen LogP contribution is -2.31. The molecule has 5 atom stereocenters. The second kappa shape index (κ2) is 2.97. The van der Waals surface area contributed by atoms with Crippen LogP contribution in [0.2, 0.25) is 0 Å². The molecule has 0 N–H and O–H groups in total. The molecule has 5 unspecified atom stereocenters. The minimum atomic E-state index is 0.0223. The first-order chi connectivity index (χ1) is 7.22. The first kappa shape index (κ1) is 9.20. The number of esters is 1. The van der Waals surface area contributed by atoms with E-state index >= 15 is 0 Å². The maximum atomic E-state index is 11.7. The highest BCUT2D eigenvalue weighted by atomic mass is 16.6. The van der Waals surface area contributed by atoms with Crippen LogP contribution in [0.25, 0.3) is 0 Å². The molecule has 2 saturated carbocycles. The van der Waals surface area contributed by atoms with Crippen LogP contribution in [-0.4, -0.2) is 12.1 Å². The number of rotatable bonds is 1. The van der Waals surface area contributed by atoms with E-state index in [9.17, 15) is 4.79 Å². The zero-order valence-electron chi connectivity index (χ0n) is 8.82. The molecule has 2 heteroatoms. The van der Waals surface area contributed by atoms with Gasteiger partial charge in [0.05, 0.1) is 5.92 Å². The molecule has 0 bridgehead atoms. The van der Waals surface area contributed by atoms with Gasteiger partial charge >= 0.3 is 5.97 Å². The SMILES string of the molecule is C=CC1CC2C(=O)OC3CCC(=C)C1C32. The summed E-state index contributed by atoms with van der Waals surface area (Å²) in [6.45, 7) is 8.05. The third kappa shape index (κ3) is 1.08. The van der Waals surface area contributed by atoms with Crippen LogP contribution in [0.1, 0.15) is 19.3 Å². The van der Waals surface area contributed by atoms with E-state index in [1.165, 1.54) is 5.57 Å². The highest BCUT2D eigenvalue weighted by molar-refractivity contribution is 5.76. The summed E-state index contributed by atoms with van der Waals surface area (Å²) < 4.78 is 5.43. The van der Waals surface area contributed by atoms with Gasteiger partial charge in [-0.05, 0) is 31.1 Å². The van der Waals surface area contributed by atoms with Crippen LogP contribution in [0.4, 0.5) is 0 Å². The Hall–Kier alpha value is -1.05. The molecule has 3 rings (SSSR count). The molecular weight excluding hydrogens is 188 g/mol. The van der Waals surface area contributed by atoms with Gasteiger partial charge < -0.3 is 4.74 Å². The third-order valence-electron chi connectivity index (χ3n) is 4.39. The fourth-order valence-corrected chi connectivity index (χ4v) is 3.75. The minimum Gasteiger partial charge on any atom is -0.462 e. The van der Waals surface area contributed by atoms with E-state index in [1.54, 1.807) is 0 Å². The summed E-state index contributed by atoms with van der Waals surface area (Å²) in [5, 5.41) is 0. The van der Waals surface area contributed by atoms with Gasteiger partial charge in [-0.2, -0.15) is 0 Å². The predicted molar refractivity (Wildman–Crippen MR) is 57.0 cm³/mol. The molecule has 0 aromatic heterocycles. The molecule has 2 nitrogen and oxygen atoms in total. The second-order valence-electron chi connectivity index (χ2n) is 5.02. The van der Waals surface area contributed by atoms with Gasteiger partial charge in [0.25, 0.3) is 0 Å². The molecule has 0 aromatic rings. The molecule has 0 spiro atoms. The number of ether oxygens (including phenoxy) is 1. The summed E-state index contributed by atoms with van der Waals surface area (Å²) in [6.07, 6.45) is 5.09. The Bertz CT molecular complexity index is 344. The molecule has 1 saturated heterocycles. The molecule has 0 amide bonds. The molecule has 3 aliphatic rings. The minimum absolute atomic E-state index is 0.0223. The fourth-order valence-electron chi connectivity index (χ4n) is 3.75. The van der Waals surface area contributed by atoms with E-state index < -0.39 is 0 Å². The number of hydrogen-bond acceptors (Lipinski definition) is 2. The van der Waals surface area contributed by atoms with Crippen molar-refractivity contribution in [2.75, 3.05) is 0 Å². The van der Waals surface area contributed by atoms with Crippen molar-refractivity contribution >= 4 is 5.97 Å². The summed E-state index contributed by atoms with van der Waals surface area (Å²) in [4.78, 5) is 11.7. The van der Waals surface area contributed by atoms with Crippen molar-refractivity contribution < 1.29 is 9.53 Å². The highest BCUT2D eigenvalue weighted by Crippen LogP contribution is 2.55. The van der Waals surface area contributed by atoms with Crippen LogP contribution < -0.4 is 0 Å². The Morgan fingerprint density at radius 3 is 3.00 bits per heavy atom. The summed E-state index contributed by atoms with van der Waals surface area (Å²) in [5.41, 5.74) is 1.31. The van der Waals surface area contributed by atoms with E-state index in [0.717, 1.165) is 19.3 Å². The normalized spacial score (nSPS) is 47.6. The van der Waals surface area contributed by atoms with Gasteiger partial charge in [-0.3, -0.25) is 4.79 Å². The first-order valence-electron chi connectivity index (χ1n) is 5.73. The fraction of sp³-hybridized carbons (Fsp3) is 0.615. The van der Waals surface area contributed by atoms with Gasteiger partial charge in [0, 0.05) is 5.92 Å². The molecule has 0 radical (unpaired) electrons. The zero-order chi connectivity index (χ0) is 10.6. The lowest BCUT2D eigenvalue weighted by Gasteiger charge is -2.33. The van der Waals surface area contributed by atoms with E-state index in [-0.39, 0.29) is 18.0 Å². The van der Waals surface area contributed by atoms with Crippen molar-refractivity contribution in [3.05, 3.63) is 24.8 Å². The zero-order valence-corrected chi connectivity index (χ0v) is 8.82. The van der Waals surface area contributed by atoms with Crippen LogP contribution in [0, 0.1) is 23.7 Å². The third-order valence-corrected chi connectivity index (χ3v) is 4.39. The van der Waals surface area contributed by atoms with Crippen molar-refractivity contribution in [1.29, 1.82) is 0 Å². The van der Waals surface area contributed by atoms with Crippen LogP contribution in [0.5, 0.6) is 0 Å². The van der Waals surface area contributed by atoms with Gasteiger partial charge in [0.1, 0.15) is 6.10 Å². The Balaban J connectivity index is 2.00. The van der Waals surface area contributed by atoms with E-state index in [0.29, 0.717) is 17.8 Å². The summed E-state index contributed by atoms with van der Waals surface area (Å²) in [6, 6.07) is 0. The lowest BCUT2D eigenvalue weighted by atomic mass is 9.73. The molecule has 0 aromatic carbocycles. The first-order valence-corrected chi connectivity index (χ1v) is 5.73. The van der Waals surface area contributed by atoms with Gasteiger partial charge in [0.15, 0.2) is 0 Å². The van der Waals surface area contributed by atoms with Crippen LogP contribution in [0.3, 0.4) is 0 Å². The van der Waals surface area contributed by atoms with Crippen LogP contribution in [0.15, 0.2) is 24.8 Å². The standard InChI is InChI=1S/C13H16O2/c1-3-8-6-9-12-10(15-13(9)14)5-4-7(2)11(8)12/h3,8-12H,1-2,4-6H2. The van der Waals surface area contributed by atoms with Gasteiger partial charge in [-0.1, -0.05) is 18.2 Å². The van der Waals surface area contributed by atoms with Gasteiger partial charge in [-0.15, -0.1) is 6.58 Å². The Morgan fingerprint density at radius 2 is 2.27 bits per heavy atom. The smallest absolute Gasteiger partial charge is 0.309 e.